The highest BCUT2D eigenvalue weighted by atomic mass is 16.5. The van der Waals surface area contributed by atoms with Gasteiger partial charge in [0, 0.05) is 25.7 Å². The molecular weight excluding hydrogens is 280 g/mol. The van der Waals surface area contributed by atoms with Crippen molar-refractivity contribution in [1.29, 1.82) is 0 Å². The third-order valence-corrected chi connectivity index (χ3v) is 4.54. The largest absolute Gasteiger partial charge is 0.388 e. The molecule has 2 heterocycles. The van der Waals surface area contributed by atoms with Crippen LogP contribution in [0, 0.1) is 0 Å². The first-order valence-electron chi connectivity index (χ1n) is 8.11. The summed E-state index contributed by atoms with van der Waals surface area (Å²) in [6.07, 6.45) is 1.65. The maximum atomic E-state index is 12.6. The van der Waals surface area contributed by atoms with Crippen molar-refractivity contribution in [3.63, 3.8) is 0 Å². The molecular formula is C17H24N2O3. The third-order valence-electron chi connectivity index (χ3n) is 4.54. The summed E-state index contributed by atoms with van der Waals surface area (Å²) in [7, 11) is 0. The Bertz CT molecular complexity index is 488. The van der Waals surface area contributed by atoms with E-state index in [1.807, 2.05) is 35.2 Å². The second-order valence-electron chi connectivity index (χ2n) is 6.05. The topological polar surface area (TPSA) is 61.8 Å². The molecule has 2 aliphatic heterocycles. The van der Waals surface area contributed by atoms with Gasteiger partial charge in [-0.1, -0.05) is 30.3 Å². The first kappa shape index (κ1) is 15.5. The van der Waals surface area contributed by atoms with Gasteiger partial charge in [-0.3, -0.25) is 4.79 Å². The Morgan fingerprint density at radius 3 is 2.95 bits per heavy atom. The van der Waals surface area contributed by atoms with Crippen molar-refractivity contribution in [1.82, 2.24) is 10.2 Å². The predicted molar refractivity (Wildman–Crippen MR) is 83.4 cm³/mol. The lowest BCUT2D eigenvalue weighted by atomic mass is 10.0. The first-order valence-corrected chi connectivity index (χ1v) is 8.11. The molecule has 22 heavy (non-hydrogen) atoms. The minimum absolute atomic E-state index is 0.0648. The highest BCUT2D eigenvalue weighted by Gasteiger charge is 2.35. The van der Waals surface area contributed by atoms with Gasteiger partial charge in [-0.05, 0) is 24.8 Å². The fourth-order valence-electron chi connectivity index (χ4n) is 3.35. The molecule has 3 atom stereocenters. The van der Waals surface area contributed by atoms with Crippen molar-refractivity contribution in [3.05, 3.63) is 35.9 Å². The van der Waals surface area contributed by atoms with E-state index in [1.165, 1.54) is 0 Å². The van der Waals surface area contributed by atoms with E-state index in [-0.39, 0.29) is 18.1 Å². The fourth-order valence-corrected chi connectivity index (χ4v) is 3.35. The van der Waals surface area contributed by atoms with Crippen LogP contribution in [0.15, 0.2) is 30.3 Å². The Labute approximate surface area is 131 Å². The Kier molecular flexibility index (Phi) is 5.08. The van der Waals surface area contributed by atoms with Gasteiger partial charge < -0.3 is 20.1 Å². The van der Waals surface area contributed by atoms with E-state index in [9.17, 15) is 9.90 Å². The first-order chi connectivity index (χ1) is 10.8. The number of morpholine rings is 1. The smallest absolute Gasteiger partial charge is 0.253 e. The summed E-state index contributed by atoms with van der Waals surface area (Å²) in [6, 6.07) is 9.76. The summed E-state index contributed by atoms with van der Waals surface area (Å²) < 4.78 is 5.57. The summed E-state index contributed by atoms with van der Waals surface area (Å²) in [6.45, 7) is 2.75. The molecule has 2 aliphatic rings. The van der Waals surface area contributed by atoms with Gasteiger partial charge in [-0.2, -0.15) is 0 Å². The summed E-state index contributed by atoms with van der Waals surface area (Å²) >= 11 is 0. The number of benzene rings is 1. The van der Waals surface area contributed by atoms with Crippen molar-refractivity contribution in [2.75, 3.05) is 26.2 Å². The molecule has 0 spiro atoms. The summed E-state index contributed by atoms with van der Waals surface area (Å²) in [5.41, 5.74) is 0.914. The van der Waals surface area contributed by atoms with Gasteiger partial charge in [0.05, 0.1) is 12.7 Å². The molecule has 0 aliphatic carbocycles. The molecule has 5 nitrogen and oxygen atoms in total. The van der Waals surface area contributed by atoms with Crippen LogP contribution in [0.5, 0.6) is 0 Å². The van der Waals surface area contributed by atoms with Gasteiger partial charge in [0.25, 0.3) is 5.91 Å². The summed E-state index contributed by atoms with van der Waals surface area (Å²) in [5, 5.41) is 13.6. The number of hydrogen-bond donors (Lipinski definition) is 2. The zero-order valence-electron chi connectivity index (χ0n) is 12.8. The minimum Gasteiger partial charge on any atom is -0.388 e. The minimum atomic E-state index is -0.523. The SMILES string of the molecule is O=C(C1CNCCO1)N1CCCC1CC(O)c1ccccc1. The van der Waals surface area contributed by atoms with Crippen LogP contribution in [0.25, 0.3) is 0 Å². The van der Waals surface area contributed by atoms with Crippen molar-refractivity contribution in [3.8, 4) is 0 Å². The number of likely N-dealkylation sites (tertiary alicyclic amines) is 1. The number of rotatable bonds is 4. The number of nitrogens with zero attached hydrogens (tertiary/aromatic N) is 1. The van der Waals surface area contributed by atoms with Gasteiger partial charge in [0.15, 0.2) is 0 Å². The van der Waals surface area contributed by atoms with E-state index < -0.39 is 6.10 Å². The number of aliphatic hydroxyl groups excluding tert-OH is 1. The van der Waals surface area contributed by atoms with Crippen LogP contribution in [0.4, 0.5) is 0 Å². The molecule has 2 saturated heterocycles. The molecule has 1 aromatic carbocycles. The van der Waals surface area contributed by atoms with Crippen LogP contribution in [-0.4, -0.2) is 54.3 Å². The number of carbonyl (C=O) groups excluding carboxylic acids is 1. The van der Waals surface area contributed by atoms with Crippen LogP contribution in [-0.2, 0) is 9.53 Å². The molecule has 5 heteroatoms. The molecule has 2 fully saturated rings. The maximum absolute atomic E-state index is 12.6. The predicted octanol–water partition coefficient (Wildman–Crippen LogP) is 1.09. The van der Waals surface area contributed by atoms with Crippen LogP contribution < -0.4 is 5.32 Å². The van der Waals surface area contributed by atoms with Crippen LogP contribution >= 0.6 is 0 Å². The number of aliphatic hydroxyl groups is 1. The third kappa shape index (κ3) is 3.48. The molecule has 3 rings (SSSR count). The van der Waals surface area contributed by atoms with Crippen molar-refractivity contribution in [2.45, 2.75) is 37.5 Å². The van der Waals surface area contributed by atoms with Gasteiger partial charge in [0.1, 0.15) is 6.10 Å². The van der Waals surface area contributed by atoms with E-state index in [0.717, 1.165) is 31.5 Å². The quantitative estimate of drug-likeness (QED) is 0.874. The van der Waals surface area contributed by atoms with Gasteiger partial charge in [0.2, 0.25) is 0 Å². The summed E-state index contributed by atoms with van der Waals surface area (Å²) in [5.74, 6) is 0.0648. The highest BCUT2D eigenvalue weighted by Crippen LogP contribution is 2.28. The van der Waals surface area contributed by atoms with E-state index >= 15 is 0 Å². The molecule has 2 N–H and O–H groups in total. The van der Waals surface area contributed by atoms with Gasteiger partial charge >= 0.3 is 0 Å². The van der Waals surface area contributed by atoms with E-state index in [1.54, 1.807) is 0 Å². The standard InChI is InChI=1S/C17H24N2O3/c20-15(13-5-2-1-3-6-13)11-14-7-4-9-19(14)17(21)16-12-18-8-10-22-16/h1-3,5-6,14-16,18,20H,4,7-12H2. The molecule has 0 aromatic heterocycles. The molecule has 1 aromatic rings. The molecule has 3 unspecified atom stereocenters. The normalized spacial score (nSPS) is 26.9. The number of carbonyl (C=O) groups is 1. The van der Waals surface area contributed by atoms with Crippen molar-refractivity contribution >= 4 is 5.91 Å². The Morgan fingerprint density at radius 2 is 2.23 bits per heavy atom. The average molecular weight is 304 g/mol. The van der Waals surface area contributed by atoms with E-state index in [2.05, 4.69) is 5.32 Å². The van der Waals surface area contributed by atoms with Gasteiger partial charge in [-0.25, -0.2) is 0 Å². The van der Waals surface area contributed by atoms with E-state index in [4.69, 9.17) is 4.74 Å². The van der Waals surface area contributed by atoms with E-state index in [0.29, 0.717) is 19.6 Å². The number of amides is 1. The van der Waals surface area contributed by atoms with Crippen molar-refractivity contribution in [2.24, 2.45) is 0 Å². The molecule has 0 radical (unpaired) electrons. The lowest BCUT2D eigenvalue weighted by molar-refractivity contribution is -0.146. The van der Waals surface area contributed by atoms with Crippen LogP contribution in [0.3, 0.4) is 0 Å². The van der Waals surface area contributed by atoms with Crippen LogP contribution in [0.2, 0.25) is 0 Å². The zero-order chi connectivity index (χ0) is 15.4. The summed E-state index contributed by atoms with van der Waals surface area (Å²) in [4.78, 5) is 14.5. The van der Waals surface area contributed by atoms with Crippen molar-refractivity contribution < 1.29 is 14.6 Å². The molecule has 0 bridgehead atoms. The zero-order valence-corrected chi connectivity index (χ0v) is 12.8. The number of hydrogen-bond acceptors (Lipinski definition) is 4. The highest BCUT2D eigenvalue weighted by molar-refractivity contribution is 5.82. The maximum Gasteiger partial charge on any atom is 0.253 e. The molecule has 120 valence electrons. The second kappa shape index (κ2) is 7.22. The second-order valence-corrected chi connectivity index (χ2v) is 6.05. The lowest BCUT2D eigenvalue weighted by Crippen LogP contribution is -2.50. The Morgan fingerprint density at radius 1 is 1.41 bits per heavy atom. The van der Waals surface area contributed by atoms with Crippen LogP contribution in [0.1, 0.15) is 30.9 Å². The molecule has 1 amide bonds. The molecule has 0 saturated carbocycles. The fraction of sp³-hybridized carbons (Fsp3) is 0.588. The Hall–Kier alpha value is -1.43. The number of nitrogens with one attached hydrogen (secondary N) is 1. The monoisotopic (exact) mass is 304 g/mol. The number of ether oxygens (including phenoxy) is 1. The average Bonchev–Trinajstić information content (AvgIpc) is 3.04. The van der Waals surface area contributed by atoms with Gasteiger partial charge in [-0.15, -0.1) is 0 Å². The Balaban J connectivity index is 1.61. The lowest BCUT2D eigenvalue weighted by Gasteiger charge is -2.31.